The van der Waals surface area contributed by atoms with Crippen LogP contribution in [-0.2, 0) is 22.1 Å². The summed E-state index contributed by atoms with van der Waals surface area (Å²) in [6.07, 6.45) is -4.51. The number of ether oxygens (including phenoxy) is 1. The molecule has 0 radical (unpaired) electrons. The molecule has 0 spiro atoms. The van der Waals surface area contributed by atoms with Crippen LogP contribution in [0.1, 0.15) is 38.9 Å². The van der Waals surface area contributed by atoms with Crippen molar-refractivity contribution in [1.82, 2.24) is 0 Å². The Labute approximate surface area is 177 Å². The summed E-state index contributed by atoms with van der Waals surface area (Å²) in [7, 11) is 0. The van der Waals surface area contributed by atoms with E-state index in [1.54, 1.807) is 6.07 Å². The van der Waals surface area contributed by atoms with Crippen molar-refractivity contribution in [3.63, 3.8) is 0 Å². The molecule has 31 heavy (non-hydrogen) atoms. The van der Waals surface area contributed by atoms with Crippen molar-refractivity contribution in [2.75, 3.05) is 0 Å². The van der Waals surface area contributed by atoms with Crippen LogP contribution in [0.5, 0.6) is 0 Å². The zero-order chi connectivity index (χ0) is 21.3. The van der Waals surface area contributed by atoms with Crippen LogP contribution in [0.25, 0.3) is 0 Å². The van der Waals surface area contributed by atoms with Crippen molar-refractivity contribution in [1.29, 1.82) is 0 Å². The van der Waals surface area contributed by atoms with E-state index in [-0.39, 0.29) is 5.56 Å². The van der Waals surface area contributed by atoms with E-state index in [1.807, 2.05) is 84.9 Å². The van der Waals surface area contributed by atoms with Gasteiger partial charge >= 0.3 is 6.18 Å². The third kappa shape index (κ3) is 2.20. The molecule has 0 saturated heterocycles. The number of fused-ring (bicyclic) bond motifs is 8. The van der Waals surface area contributed by atoms with Gasteiger partial charge in [-0.15, -0.1) is 0 Å². The molecule has 0 amide bonds. The average molecular weight is 414 g/mol. The zero-order valence-electron chi connectivity index (χ0n) is 16.4. The SMILES string of the molecule is FC(F)(F)c1cccc2c1[C@@]1(c3ccccc3)O[C@]2(c2ccccc2)c2ccccc21. The molecule has 2 aliphatic rings. The predicted octanol–water partition coefficient (Wildman–Crippen LogP) is 6.63. The molecule has 2 atom stereocenters. The number of hydrogen-bond acceptors (Lipinski definition) is 1. The summed E-state index contributed by atoms with van der Waals surface area (Å²) in [6, 6.07) is 30.8. The number of hydrogen-bond donors (Lipinski definition) is 0. The number of alkyl halides is 3. The van der Waals surface area contributed by atoms with Gasteiger partial charge in [-0.25, -0.2) is 0 Å². The largest absolute Gasteiger partial charge is 0.416 e. The molecule has 1 nitrogen and oxygen atoms in total. The quantitative estimate of drug-likeness (QED) is 0.358. The maximum absolute atomic E-state index is 14.3. The first-order valence-corrected chi connectivity index (χ1v) is 10.1. The van der Waals surface area contributed by atoms with Crippen LogP contribution in [0, 0.1) is 0 Å². The Morgan fingerprint density at radius 3 is 1.58 bits per heavy atom. The Morgan fingerprint density at radius 1 is 0.516 bits per heavy atom. The number of halogens is 3. The fraction of sp³-hybridized carbons (Fsp3) is 0.111. The molecule has 0 unspecified atom stereocenters. The van der Waals surface area contributed by atoms with Gasteiger partial charge in [-0.05, 0) is 28.3 Å². The number of rotatable bonds is 2. The summed E-state index contributed by atoms with van der Waals surface area (Å²) in [4.78, 5) is 0. The van der Waals surface area contributed by atoms with E-state index in [2.05, 4.69) is 0 Å². The Bertz CT molecular complexity index is 1300. The fourth-order valence-corrected chi connectivity index (χ4v) is 5.36. The van der Waals surface area contributed by atoms with E-state index >= 15 is 0 Å². The van der Waals surface area contributed by atoms with E-state index in [9.17, 15) is 13.2 Å². The monoisotopic (exact) mass is 414 g/mol. The Balaban J connectivity index is 1.82. The molecule has 4 aromatic carbocycles. The van der Waals surface area contributed by atoms with Crippen LogP contribution in [0.3, 0.4) is 0 Å². The molecule has 6 rings (SSSR count). The molecule has 152 valence electrons. The smallest absolute Gasteiger partial charge is 0.340 e. The molecule has 0 fully saturated rings. The van der Waals surface area contributed by atoms with Gasteiger partial charge in [0.25, 0.3) is 0 Å². The normalized spacial score (nSPS) is 23.5. The van der Waals surface area contributed by atoms with Gasteiger partial charge in [0.05, 0.1) is 5.56 Å². The van der Waals surface area contributed by atoms with Crippen molar-refractivity contribution < 1.29 is 17.9 Å². The fourth-order valence-electron chi connectivity index (χ4n) is 5.36. The third-order valence-corrected chi connectivity index (χ3v) is 6.45. The minimum atomic E-state index is -4.51. The van der Waals surface area contributed by atoms with Gasteiger partial charge in [-0.1, -0.05) is 97.1 Å². The van der Waals surface area contributed by atoms with Crippen molar-refractivity contribution in [2.45, 2.75) is 17.4 Å². The van der Waals surface area contributed by atoms with E-state index in [4.69, 9.17) is 4.74 Å². The second-order valence-electron chi connectivity index (χ2n) is 7.97. The molecule has 0 aromatic heterocycles. The molecule has 4 heteroatoms. The summed E-state index contributed by atoms with van der Waals surface area (Å²) in [5, 5.41) is 0. The van der Waals surface area contributed by atoms with Gasteiger partial charge in [0.1, 0.15) is 11.2 Å². The number of benzene rings is 4. The van der Waals surface area contributed by atoms with Crippen LogP contribution >= 0.6 is 0 Å². The molecular weight excluding hydrogens is 397 g/mol. The summed E-state index contributed by atoms with van der Waals surface area (Å²) < 4.78 is 49.8. The second-order valence-corrected chi connectivity index (χ2v) is 7.97. The minimum absolute atomic E-state index is 0.191. The lowest BCUT2D eigenvalue weighted by molar-refractivity contribution is -0.139. The summed E-state index contributed by atoms with van der Waals surface area (Å²) in [6.45, 7) is 0. The summed E-state index contributed by atoms with van der Waals surface area (Å²) >= 11 is 0. The summed E-state index contributed by atoms with van der Waals surface area (Å²) in [5.41, 5.74) is 0.799. The average Bonchev–Trinajstić information content (AvgIpc) is 3.30. The molecule has 2 aliphatic heterocycles. The second kappa shape index (κ2) is 6.08. The van der Waals surface area contributed by atoms with E-state index in [1.165, 1.54) is 6.07 Å². The third-order valence-electron chi connectivity index (χ3n) is 6.45. The van der Waals surface area contributed by atoms with Gasteiger partial charge in [-0.3, -0.25) is 0 Å². The van der Waals surface area contributed by atoms with E-state index in [0.29, 0.717) is 11.1 Å². The highest BCUT2D eigenvalue weighted by Crippen LogP contribution is 2.67. The molecular formula is C27H17F3O. The lowest BCUT2D eigenvalue weighted by Gasteiger charge is -2.32. The van der Waals surface area contributed by atoms with Gasteiger partial charge in [0.15, 0.2) is 0 Å². The Kier molecular flexibility index (Phi) is 3.61. The van der Waals surface area contributed by atoms with Crippen molar-refractivity contribution >= 4 is 0 Å². The molecule has 2 bridgehead atoms. The van der Waals surface area contributed by atoms with Gasteiger partial charge in [0.2, 0.25) is 0 Å². The first-order valence-electron chi connectivity index (χ1n) is 10.1. The van der Waals surface area contributed by atoms with E-state index < -0.39 is 22.9 Å². The van der Waals surface area contributed by atoms with Crippen molar-refractivity contribution in [2.24, 2.45) is 0 Å². The molecule has 0 N–H and O–H groups in total. The van der Waals surface area contributed by atoms with Crippen molar-refractivity contribution in [3.8, 4) is 0 Å². The van der Waals surface area contributed by atoms with Crippen LogP contribution in [0.15, 0.2) is 103 Å². The van der Waals surface area contributed by atoms with Gasteiger partial charge < -0.3 is 4.74 Å². The van der Waals surface area contributed by atoms with E-state index in [0.717, 1.165) is 22.8 Å². The molecule has 2 heterocycles. The van der Waals surface area contributed by atoms with Crippen molar-refractivity contribution in [3.05, 3.63) is 142 Å². The Morgan fingerprint density at radius 2 is 1.00 bits per heavy atom. The highest BCUT2D eigenvalue weighted by Gasteiger charge is 2.66. The lowest BCUT2D eigenvalue weighted by atomic mass is 9.67. The minimum Gasteiger partial charge on any atom is -0.340 e. The van der Waals surface area contributed by atoms with Gasteiger partial charge in [0, 0.05) is 11.1 Å². The molecule has 0 aliphatic carbocycles. The predicted molar refractivity (Wildman–Crippen MR) is 112 cm³/mol. The van der Waals surface area contributed by atoms with Gasteiger partial charge in [-0.2, -0.15) is 13.2 Å². The van der Waals surface area contributed by atoms with Crippen LogP contribution in [0.2, 0.25) is 0 Å². The lowest BCUT2D eigenvalue weighted by Crippen LogP contribution is -2.30. The Hall–Kier alpha value is -3.37. The van der Waals surface area contributed by atoms with Crippen LogP contribution < -0.4 is 0 Å². The summed E-state index contributed by atoms with van der Waals surface area (Å²) in [5.74, 6) is 0. The first-order chi connectivity index (χ1) is 15.0. The standard InChI is InChI=1S/C27H17F3O/c28-27(29,30)23-17-9-16-22-24(23)26(19-12-5-2-6-13-19)21-15-8-7-14-20(21)25(22,31-26)18-10-3-1-4-11-18/h1-17H/t25-,26+/m1/s1. The van der Waals surface area contributed by atoms with Crippen LogP contribution in [0.4, 0.5) is 13.2 Å². The highest BCUT2D eigenvalue weighted by molar-refractivity contribution is 5.71. The first kappa shape index (κ1) is 18.4. The molecule has 0 saturated carbocycles. The topological polar surface area (TPSA) is 9.23 Å². The maximum atomic E-state index is 14.3. The molecule has 4 aromatic rings. The van der Waals surface area contributed by atoms with Crippen LogP contribution in [-0.4, -0.2) is 0 Å². The highest BCUT2D eigenvalue weighted by atomic mass is 19.4. The maximum Gasteiger partial charge on any atom is 0.416 e. The zero-order valence-corrected chi connectivity index (χ0v) is 16.4.